The average Bonchev–Trinajstić information content (AvgIpc) is 3.04. The first-order valence-electron chi connectivity index (χ1n) is 9.46. The van der Waals surface area contributed by atoms with Crippen molar-refractivity contribution in [2.75, 3.05) is 13.1 Å². The van der Waals surface area contributed by atoms with Crippen LogP contribution in [0.3, 0.4) is 0 Å². The molecule has 4 nitrogen and oxygen atoms in total. The summed E-state index contributed by atoms with van der Waals surface area (Å²) in [5.74, 6) is 0.517. The molecule has 0 bridgehead atoms. The second-order valence-electron chi connectivity index (χ2n) is 8.05. The summed E-state index contributed by atoms with van der Waals surface area (Å²) in [7, 11) is 0. The van der Waals surface area contributed by atoms with E-state index in [1.807, 2.05) is 0 Å². The topological polar surface area (TPSA) is 58.4 Å². The van der Waals surface area contributed by atoms with E-state index in [1.54, 1.807) is 11.3 Å². The number of carbonyl (C=O) groups excluding carboxylic acids is 1. The third kappa shape index (κ3) is 3.26. The van der Waals surface area contributed by atoms with E-state index in [2.05, 4.69) is 27.0 Å². The summed E-state index contributed by atoms with van der Waals surface area (Å²) in [6.07, 6.45) is 7.71. The Hall–Kier alpha value is -0.910. The van der Waals surface area contributed by atoms with Crippen molar-refractivity contribution in [2.24, 2.45) is 17.1 Å². The highest BCUT2D eigenvalue weighted by atomic mass is 32.1. The maximum Gasteiger partial charge on any atom is 0.226 e. The number of nitrogens with zero attached hydrogens (tertiary/aromatic N) is 1. The monoisotopic (exact) mass is 347 g/mol. The molecule has 24 heavy (non-hydrogen) atoms. The molecule has 1 aromatic rings. The van der Waals surface area contributed by atoms with Gasteiger partial charge in [0.25, 0.3) is 0 Å². The lowest BCUT2D eigenvalue weighted by Crippen LogP contribution is -2.44. The Bertz CT molecular complexity index is 567. The number of hydrogen-bond donors (Lipinski definition) is 2. The van der Waals surface area contributed by atoms with E-state index in [9.17, 15) is 4.79 Å². The molecule has 1 saturated heterocycles. The van der Waals surface area contributed by atoms with Gasteiger partial charge in [-0.2, -0.15) is 11.3 Å². The first kappa shape index (κ1) is 16.6. The smallest absolute Gasteiger partial charge is 0.226 e. The third-order valence-electron chi connectivity index (χ3n) is 6.40. The summed E-state index contributed by atoms with van der Waals surface area (Å²) in [5.41, 5.74) is 7.83. The van der Waals surface area contributed by atoms with Crippen LogP contribution in [0.2, 0.25) is 0 Å². The minimum Gasteiger partial charge on any atom is -0.335 e. The zero-order chi connectivity index (χ0) is 16.6. The molecule has 1 aromatic heterocycles. The standard InChI is InChI=1S/C19H29N3OS/c20-16-3-1-2-15(10-16)18(23)22(12-14-4-9-24-13-14)17-11-19(17)5-7-21-8-6-19/h4,9,13,15-17,21H,1-3,5-8,10-12,20H2/t15-,16-,17+/m1/s1. The Morgan fingerprint density at radius 3 is 2.92 bits per heavy atom. The zero-order valence-electron chi connectivity index (χ0n) is 14.4. The van der Waals surface area contributed by atoms with E-state index in [1.165, 1.54) is 24.8 Å². The molecule has 2 aliphatic carbocycles. The van der Waals surface area contributed by atoms with Gasteiger partial charge in [0.15, 0.2) is 0 Å². The van der Waals surface area contributed by atoms with Gasteiger partial charge in [0.1, 0.15) is 0 Å². The lowest BCUT2D eigenvalue weighted by molar-refractivity contribution is -0.138. The van der Waals surface area contributed by atoms with Gasteiger partial charge in [-0.15, -0.1) is 0 Å². The summed E-state index contributed by atoms with van der Waals surface area (Å²) in [5, 5.41) is 7.76. The van der Waals surface area contributed by atoms with Crippen LogP contribution in [0.25, 0.3) is 0 Å². The van der Waals surface area contributed by atoms with Crippen molar-refractivity contribution in [1.82, 2.24) is 10.2 Å². The number of nitrogens with two attached hydrogens (primary N) is 1. The zero-order valence-corrected chi connectivity index (χ0v) is 15.2. The quantitative estimate of drug-likeness (QED) is 0.880. The molecule has 0 radical (unpaired) electrons. The van der Waals surface area contributed by atoms with E-state index in [4.69, 9.17) is 5.73 Å². The predicted molar refractivity (Wildman–Crippen MR) is 97.7 cm³/mol. The molecule has 2 saturated carbocycles. The molecule has 132 valence electrons. The Balaban J connectivity index is 1.51. The summed E-state index contributed by atoms with van der Waals surface area (Å²) in [6, 6.07) is 2.82. The van der Waals surface area contributed by atoms with Crippen LogP contribution in [0.4, 0.5) is 0 Å². The van der Waals surface area contributed by atoms with Crippen molar-refractivity contribution < 1.29 is 4.79 Å². The van der Waals surface area contributed by atoms with Gasteiger partial charge in [0, 0.05) is 24.5 Å². The fourth-order valence-electron chi connectivity index (χ4n) is 4.84. The SMILES string of the molecule is N[C@@H]1CCC[C@@H](C(=O)N(Cc2ccsc2)[C@H]2CC23CCNCC3)C1. The van der Waals surface area contributed by atoms with E-state index in [0.717, 1.165) is 45.3 Å². The fourth-order valence-corrected chi connectivity index (χ4v) is 5.50. The molecule has 1 aliphatic heterocycles. The van der Waals surface area contributed by atoms with Crippen LogP contribution < -0.4 is 11.1 Å². The second kappa shape index (κ2) is 6.77. The molecule has 0 aromatic carbocycles. The maximum absolute atomic E-state index is 13.3. The van der Waals surface area contributed by atoms with Gasteiger partial charge in [-0.05, 0) is 79.4 Å². The highest BCUT2D eigenvalue weighted by molar-refractivity contribution is 7.07. The lowest BCUT2D eigenvalue weighted by atomic mass is 9.85. The van der Waals surface area contributed by atoms with Gasteiger partial charge >= 0.3 is 0 Å². The van der Waals surface area contributed by atoms with E-state index in [-0.39, 0.29) is 12.0 Å². The van der Waals surface area contributed by atoms with Crippen LogP contribution in [-0.4, -0.2) is 36.0 Å². The van der Waals surface area contributed by atoms with Crippen molar-refractivity contribution in [3.8, 4) is 0 Å². The van der Waals surface area contributed by atoms with Gasteiger partial charge in [0.2, 0.25) is 5.91 Å². The molecule has 3 atom stereocenters. The van der Waals surface area contributed by atoms with Gasteiger partial charge in [-0.25, -0.2) is 0 Å². The van der Waals surface area contributed by atoms with E-state index in [0.29, 0.717) is 17.4 Å². The molecule has 0 unspecified atom stereocenters. The number of thiophene rings is 1. The van der Waals surface area contributed by atoms with Crippen molar-refractivity contribution >= 4 is 17.2 Å². The van der Waals surface area contributed by atoms with Crippen molar-refractivity contribution in [3.05, 3.63) is 22.4 Å². The number of amides is 1. The first-order chi connectivity index (χ1) is 11.7. The lowest BCUT2D eigenvalue weighted by Gasteiger charge is -2.34. The number of carbonyl (C=O) groups is 1. The molecule has 1 amide bonds. The van der Waals surface area contributed by atoms with Gasteiger partial charge in [0.05, 0.1) is 0 Å². The average molecular weight is 348 g/mol. The largest absolute Gasteiger partial charge is 0.335 e. The van der Waals surface area contributed by atoms with Crippen LogP contribution in [-0.2, 0) is 11.3 Å². The number of nitrogens with one attached hydrogen (secondary N) is 1. The van der Waals surface area contributed by atoms with Gasteiger partial charge < -0.3 is 16.0 Å². The summed E-state index contributed by atoms with van der Waals surface area (Å²) in [4.78, 5) is 15.6. The van der Waals surface area contributed by atoms with Crippen LogP contribution in [0.15, 0.2) is 16.8 Å². The van der Waals surface area contributed by atoms with Crippen LogP contribution >= 0.6 is 11.3 Å². The normalized spacial score (nSPS) is 31.8. The Kier molecular flexibility index (Phi) is 4.67. The highest BCUT2D eigenvalue weighted by Crippen LogP contribution is 2.56. The molecule has 2 heterocycles. The van der Waals surface area contributed by atoms with E-state index >= 15 is 0 Å². The molecule has 3 fully saturated rings. The highest BCUT2D eigenvalue weighted by Gasteiger charge is 2.58. The fraction of sp³-hybridized carbons (Fsp3) is 0.737. The first-order valence-corrected chi connectivity index (χ1v) is 10.4. The molecule has 3 N–H and O–H groups in total. The van der Waals surface area contributed by atoms with Crippen molar-refractivity contribution in [2.45, 2.75) is 63.6 Å². The predicted octanol–water partition coefficient (Wildman–Crippen LogP) is 2.74. The van der Waals surface area contributed by atoms with Crippen LogP contribution in [0.5, 0.6) is 0 Å². The molecule has 5 heteroatoms. The van der Waals surface area contributed by atoms with Crippen LogP contribution in [0, 0.1) is 11.3 Å². The summed E-state index contributed by atoms with van der Waals surface area (Å²) < 4.78 is 0. The number of rotatable bonds is 4. The number of hydrogen-bond acceptors (Lipinski definition) is 4. The van der Waals surface area contributed by atoms with Crippen LogP contribution in [0.1, 0.15) is 50.5 Å². The van der Waals surface area contributed by atoms with Crippen molar-refractivity contribution in [1.29, 1.82) is 0 Å². The Morgan fingerprint density at radius 1 is 1.38 bits per heavy atom. The molecular formula is C19H29N3OS. The van der Waals surface area contributed by atoms with E-state index < -0.39 is 0 Å². The second-order valence-corrected chi connectivity index (χ2v) is 8.83. The number of piperidine rings is 1. The molecule has 4 rings (SSSR count). The molecule has 3 aliphatic rings. The van der Waals surface area contributed by atoms with Crippen molar-refractivity contribution in [3.63, 3.8) is 0 Å². The molecular weight excluding hydrogens is 318 g/mol. The minimum atomic E-state index is 0.145. The maximum atomic E-state index is 13.3. The minimum absolute atomic E-state index is 0.145. The third-order valence-corrected chi connectivity index (χ3v) is 7.13. The summed E-state index contributed by atoms with van der Waals surface area (Å²) >= 11 is 1.72. The Morgan fingerprint density at radius 2 is 2.21 bits per heavy atom. The molecule has 1 spiro atoms. The summed E-state index contributed by atoms with van der Waals surface area (Å²) in [6.45, 7) is 2.99. The Labute approximate surface area is 148 Å². The van der Waals surface area contributed by atoms with Gasteiger partial charge in [-0.1, -0.05) is 6.42 Å². The van der Waals surface area contributed by atoms with Gasteiger partial charge in [-0.3, -0.25) is 4.79 Å².